The summed E-state index contributed by atoms with van der Waals surface area (Å²) in [6.45, 7) is 6.11. The van der Waals surface area contributed by atoms with Gasteiger partial charge in [-0.05, 0) is 48.3 Å². The molecule has 21 heavy (non-hydrogen) atoms. The van der Waals surface area contributed by atoms with Crippen LogP contribution in [0.1, 0.15) is 37.6 Å². The molecule has 0 aliphatic rings. The molecule has 0 saturated heterocycles. The number of hydrogen-bond acceptors (Lipinski definition) is 5. The Morgan fingerprint density at radius 2 is 2.00 bits per heavy atom. The number of hydrogen-bond donors (Lipinski definition) is 0. The molecular formula is C15H19BrO5. The van der Waals surface area contributed by atoms with E-state index in [9.17, 15) is 9.59 Å². The van der Waals surface area contributed by atoms with E-state index in [4.69, 9.17) is 14.2 Å². The molecule has 116 valence electrons. The molecule has 1 aromatic carbocycles. The van der Waals surface area contributed by atoms with Crippen LogP contribution >= 0.6 is 15.9 Å². The molecule has 0 fully saturated rings. The second kappa shape index (κ2) is 8.67. The van der Waals surface area contributed by atoms with Crippen LogP contribution in [-0.2, 0) is 9.53 Å². The Balaban J connectivity index is 3.09. The minimum Gasteiger partial charge on any atom is -0.490 e. The molecule has 0 aromatic heterocycles. The minimum atomic E-state index is -0.720. The first-order valence-corrected chi connectivity index (χ1v) is 7.61. The number of halogens is 1. The average molecular weight is 359 g/mol. The second-order valence-electron chi connectivity index (χ2n) is 4.15. The Kier molecular flexibility index (Phi) is 7.22. The highest BCUT2D eigenvalue weighted by Gasteiger charge is 2.23. The van der Waals surface area contributed by atoms with E-state index >= 15 is 0 Å². The fourth-order valence-electron chi connectivity index (χ4n) is 1.71. The maximum Gasteiger partial charge on any atom is 0.347 e. The molecule has 0 heterocycles. The van der Waals surface area contributed by atoms with Crippen LogP contribution in [-0.4, -0.2) is 31.6 Å². The van der Waals surface area contributed by atoms with E-state index in [-0.39, 0.29) is 0 Å². The van der Waals surface area contributed by atoms with Crippen LogP contribution in [0.3, 0.4) is 0 Å². The Labute approximate surface area is 132 Å². The van der Waals surface area contributed by atoms with Gasteiger partial charge in [-0.15, -0.1) is 0 Å². The van der Waals surface area contributed by atoms with Gasteiger partial charge in [-0.2, -0.15) is 0 Å². The lowest BCUT2D eigenvalue weighted by molar-refractivity contribution is -0.151. The summed E-state index contributed by atoms with van der Waals surface area (Å²) in [6.07, 6.45) is 0.467. The summed E-state index contributed by atoms with van der Waals surface area (Å²) < 4.78 is 16.7. The van der Waals surface area contributed by atoms with Crippen molar-refractivity contribution in [3.8, 4) is 11.5 Å². The summed E-state index contributed by atoms with van der Waals surface area (Å²) in [5.74, 6) is 0.382. The lowest BCUT2D eigenvalue weighted by Gasteiger charge is -2.19. The van der Waals surface area contributed by atoms with Gasteiger partial charge in [0.1, 0.15) is 6.29 Å². The molecule has 0 bridgehead atoms. The van der Waals surface area contributed by atoms with Crippen LogP contribution in [0.25, 0.3) is 0 Å². The van der Waals surface area contributed by atoms with Gasteiger partial charge in [-0.3, -0.25) is 4.79 Å². The summed E-state index contributed by atoms with van der Waals surface area (Å²) in [4.78, 5) is 22.7. The SMILES string of the molecule is CCOC(=O)C(CC)Oc1c(Br)cc(C=O)cc1OCC. The molecule has 0 aliphatic carbocycles. The smallest absolute Gasteiger partial charge is 0.347 e. The van der Waals surface area contributed by atoms with Gasteiger partial charge in [0.2, 0.25) is 0 Å². The number of aldehydes is 1. The third-order valence-corrected chi connectivity index (χ3v) is 3.24. The highest BCUT2D eigenvalue weighted by atomic mass is 79.9. The van der Waals surface area contributed by atoms with Crippen LogP contribution in [0.2, 0.25) is 0 Å². The molecule has 0 saturated carbocycles. The van der Waals surface area contributed by atoms with Crippen molar-refractivity contribution in [3.63, 3.8) is 0 Å². The van der Waals surface area contributed by atoms with Gasteiger partial charge in [0.05, 0.1) is 17.7 Å². The fraction of sp³-hybridized carbons (Fsp3) is 0.467. The third kappa shape index (κ3) is 4.74. The Morgan fingerprint density at radius 3 is 2.52 bits per heavy atom. The van der Waals surface area contributed by atoms with Crippen LogP contribution in [0.4, 0.5) is 0 Å². The van der Waals surface area contributed by atoms with Crippen molar-refractivity contribution in [2.24, 2.45) is 0 Å². The van der Waals surface area contributed by atoms with Crippen molar-refractivity contribution in [2.45, 2.75) is 33.3 Å². The zero-order chi connectivity index (χ0) is 15.8. The Morgan fingerprint density at radius 1 is 1.29 bits per heavy atom. The summed E-state index contributed by atoms with van der Waals surface area (Å²) in [6, 6.07) is 3.19. The van der Waals surface area contributed by atoms with Crippen LogP contribution in [0.5, 0.6) is 11.5 Å². The predicted octanol–water partition coefficient (Wildman–Crippen LogP) is 3.38. The highest BCUT2D eigenvalue weighted by molar-refractivity contribution is 9.10. The molecule has 0 N–H and O–H groups in total. The van der Waals surface area contributed by atoms with Crippen molar-refractivity contribution in [1.82, 2.24) is 0 Å². The standard InChI is InChI=1S/C15H19BrO5/c1-4-12(15(18)20-6-3)21-14-11(16)7-10(9-17)8-13(14)19-5-2/h7-9,12H,4-6H2,1-3H3. The molecule has 1 rings (SSSR count). The molecule has 1 aromatic rings. The summed E-state index contributed by atoms with van der Waals surface area (Å²) >= 11 is 3.34. The highest BCUT2D eigenvalue weighted by Crippen LogP contribution is 2.37. The molecule has 0 radical (unpaired) electrons. The summed E-state index contributed by atoms with van der Waals surface area (Å²) in [7, 11) is 0. The predicted molar refractivity (Wildman–Crippen MR) is 82.0 cm³/mol. The summed E-state index contributed by atoms with van der Waals surface area (Å²) in [5, 5.41) is 0. The number of rotatable bonds is 8. The molecule has 6 heteroatoms. The quantitative estimate of drug-likeness (QED) is 0.526. The normalized spacial score (nSPS) is 11.6. The fourth-order valence-corrected chi connectivity index (χ4v) is 2.26. The van der Waals surface area contributed by atoms with E-state index in [1.165, 1.54) is 0 Å². The van der Waals surface area contributed by atoms with Crippen molar-refractivity contribution in [1.29, 1.82) is 0 Å². The number of esters is 1. The third-order valence-electron chi connectivity index (χ3n) is 2.65. The van der Waals surface area contributed by atoms with E-state index in [0.717, 1.165) is 6.29 Å². The van der Waals surface area contributed by atoms with Crippen molar-refractivity contribution < 1.29 is 23.8 Å². The van der Waals surface area contributed by atoms with Crippen molar-refractivity contribution >= 4 is 28.2 Å². The first-order chi connectivity index (χ1) is 10.1. The number of ether oxygens (including phenoxy) is 3. The molecule has 0 aliphatic heterocycles. The first-order valence-electron chi connectivity index (χ1n) is 6.82. The lowest BCUT2D eigenvalue weighted by atomic mass is 10.2. The molecular weight excluding hydrogens is 340 g/mol. The largest absolute Gasteiger partial charge is 0.490 e. The van der Waals surface area contributed by atoms with E-state index in [2.05, 4.69) is 15.9 Å². The Bertz CT molecular complexity index is 501. The van der Waals surface area contributed by atoms with Gasteiger partial charge in [0.25, 0.3) is 0 Å². The summed E-state index contributed by atoms with van der Waals surface area (Å²) in [5.41, 5.74) is 0.460. The monoisotopic (exact) mass is 358 g/mol. The van der Waals surface area contributed by atoms with Gasteiger partial charge in [0, 0.05) is 5.56 Å². The minimum absolute atomic E-state index is 0.294. The van der Waals surface area contributed by atoms with Gasteiger partial charge >= 0.3 is 5.97 Å². The molecule has 1 atom stereocenters. The van der Waals surface area contributed by atoms with Gasteiger partial charge < -0.3 is 14.2 Å². The van der Waals surface area contributed by atoms with Crippen molar-refractivity contribution in [2.75, 3.05) is 13.2 Å². The van der Waals surface area contributed by atoms with Crippen molar-refractivity contribution in [3.05, 3.63) is 22.2 Å². The van der Waals surface area contributed by atoms with Crippen LogP contribution in [0.15, 0.2) is 16.6 Å². The second-order valence-corrected chi connectivity index (χ2v) is 5.00. The maximum atomic E-state index is 11.8. The topological polar surface area (TPSA) is 61.8 Å². The molecule has 1 unspecified atom stereocenters. The van der Waals surface area contributed by atoms with Gasteiger partial charge in [-0.1, -0.05) is 6.92 Å². The number of carbonyl (C=O) groups is 2. The molecule has 0 amide bonds. The number of benzene rings is 1. The van der Waals surface area contributed by atoms with E-state index in [1.807, 2.05) is 13.8 Å². The zero-order valence-corrected chi connectivity index (χ0v) is 13.9. The van der Waals surface area contributed by atoms with E-state index in [0.29, 0.717) is 41.2 Å². The van der Waals surface area contributed by atoms with Crippen LogP contribution < -0.4 is 9.47 Å². The number of carbonyl (C=O) groups excluding carboxylic acids is 2. The lowest BCUT2D eigenvalue weighted by Crippen LogP contribution is -2.29. The van der Waals surface area contributed by atoms with E-state index in [1.54, 1.807) is 19.1 Å². The van der Waals surface area contributed by atoms with Crippen LogP contribution in [0, 0.1) is 0 Å². The first kappa shape index (κ1) is 17.5. The Hall–Kier alpha value is -1.56. The average Bonchev–Trinajstić information content (AvgIpc) is 2.46. The van der Waals surface area contributed by atoms with Gasteiger partial charge in [-0.25, -0.2) is 4.79 Å². The maximum absolute atomic E-state index is 11.8. The van der Waals surface area contributed by atoms with Gasteiger partial charge in [0.15, 0.2) is 17.6 Å². The molecule has 5 nitrogen and oxygen atoms in total. The van der Waals surface area contributed by atoms with E-state index < -0.39 is 12.1 Å². The molecule has 0 spiro atoms. The zero-order valence-electron chi connectivity index (χ0n) is 12.3.